The van der Waals surface area contributed by atoms with Crippen molar-refractivity contribution in [1.82, 2.24) is 14.7 Å². The zero-order valence-corrected chi connectivity index (χ0v) is 15.8. The Morgan fingerprint density at radius 1 is 1.12 bits per heavy atom. The van der Waals surface area contributed by atoms with Crippen LogP contribution in [0.25, 0.3) is 0 Å². The fourth-order valence-electron chi connectivity index (χ4n) is 2.82. The van der Waals surface area contributed by atoms with E-state index < -0.39 is 10.0 Å². The first kappa shape index (κ1) is 18.1. The largest absolute Gasteiger partial charge is 0.477 e. The molecule has 0 bridgehead atoms. The van der Waals surface area contributed by atoms with E-state index >= 15 is 0 Å². The summed E-state index contributed by atoms with van der Waals surface area (Å²) in [6, 6.07) is 3.39. The second kappa shape index (κ2) is 7.67. The molecule has 0 amide bonds. The van der Waals surface area contributed by atoms with Crippen LogP contribution in [0.5, 0.6) is 11.8 Å². The van der Waals surface area contributed by atoms with Crippen molar-refractivity contribution in [2.45, 2.75) is 49.0 Å². The van der Waals surface area contributed by atoms with Gasteiger partial charge in [-0.05, 0) is 44.7 Å². The first-order valence-corrected chi connectivity index (χ1v) is 10.4. The Kier molecular flexibility index (Phi) is 5.55. The van der Waals surface area contributed by atoms with E-state index in [-0.39, 0.29) is 12.1 Å². The number of hydrogen-bond acceptors (Lipinski definition) is 7. The Morgan fingerprint density at radius 2 is 1.80 bits per heavy atom. The summed E-state index contributed by atoms with van der Waals surface area (Å²) in [5.74, 6) is 0.737. The minimum absolute atomic E-state index is 0.0182. The van der Waals surface area contributed by atoms with Crippen LogP contribution in [0.1, 0.15) is 30.6 Å². The molecular formula is C16H21N3O4S2. The summed E-state index contributed by atoms with van der Waals surface area (Å²) in [6.07, 6.45) is 6.01. The Bertz CT molecular complexity index is 814. The Labute approximate surface area is 151 Å². The first-order chi connectivity index (χ1) is 12.0. The SMILES string of the molecule is COc1nccnc1OC1CCC(NS(=O)(=O)c2ccc(C)s2)CC1. The molecule has 0 spiro atoms. The molecule has 2 aromatic heterocycles. The van der Waals surface area contributed by atoms with Crippen molar-refractivity contribution in [3.63, 3.8) is 0 Å². The standard InChI is InChI=1S/C16H21N3O4S2/c1-11-3-8-14(24-11)25(20,21)19-12-4-6-13(7-5-12)23-16-15(22-2)17-9-10-18-16/h3,8-10,12-13,19H,4-7H2,1-2H3. The predicted octanol–water partition coefficient (Wildman–Crippen LogP) is 2.52. The van der Waals surface area contributed by atoms with E-state index in [4.69, 9.17) is 9.47 Å². The molecule has 0 aromatic carbocycles. The zero-order valence-electron chi connectivity index (χ0n) is 14.1. The van der Waals surface area contributed by atoms with Crippen molar-refractivity contribution in [3.05, 3.63) is 29.4 Å². The molecule has 1 N–H and O–H groups in total. The Balaban J connectivity index is 1.55. The maximum Gasteiger partial charge on any atom is 0.278 e. The van der Waals surface area contributed by atoms with Crippen LogP contribution in [0.15, 0.2) is 28.7 Å². The van der Waals surface area contributed by atoms with Gasteiger partial charge in [-0.3, -0.25) is 0 Å². The van der Waals surface area contributed by atoms with Gasteiger partial charge in [-0.1, -0.05) is 0 Å². The summed E-state index contributed by atoms with van der Waals surface area (Å²) >= 11 is 1.29. The molecule has 7 nitrogen and oxygen atoms in total. The molecule has 25 heavy (non-hydrogen) atoms. The van der Waals surface area contributed by atoms with Crippen LogP contribution in [0, 0.1) is 6.92 Å². The van der Waals surface area contributed by atoms with Gasteiger partial charge in [0.05, 0.1) is 7.11 Å². The molecule has 3 rings (SSSR count). The van der Waals surface area contributed by atoms with Crippen LogP contribution in [0.4, 0.5) is 0 Å². The molecule has 2 heterocycles. The minimum atomic E-state index is -3.44. The summed E-state index contributed by atoms with van der Waals surface area (Å²) in [5, 5.41) is 0. The molecule has 1 aliphatic carbocycles. The van der Waals surface area contributed by atoms with Crippen LogP contribution in [-0.2, 0) is 10.0 Å². The highest BCUT2D eigenvalue weighted by Gasteiger charge is 2.28. The lowest BCUT2D eigenvalue weighted by molar-refractivity contribution is 0.132. The maximum atomic E-state index is 12.4. The molecule has 9 heteroatoms. The van der Waals surface area contributed by atoms with Crippen LogP contribution in [-0.4, -0.2) is 37.6 Å². The maximum absolute atomic E-state index is 12.4. The van der Waals surface area contributed by atoms with E-state index in [1.165, 1.54) is 18.4 Å². The monoisotopic (exact) mass is 383 g/mol. The average Bonchev–Trinajstić information content (AvgIpc) is 3.04. The summed E-state index contributed by atoms with van der Waals surface area (Å²) in [5.41, 5.74) is 0. The fraction of sp³-hybridized carbons (Fsp3) is 0.500. The van der Waals surface area contributed by atoms with E-state index in [9.17, 15) is 8.42 Å². The number of methoxy groups -OCH3 is 1. The number of sulfonamides is 1. The molecule has 0 atom stereocenters. The number of nitrogens with zero attached hydrogens (tertiary/aromatic N) is 2. The highest BCUT2D eigenvalue weighted by Crippen LogP contribution is 2.28. The van der Waals surface area contributed by atoms with Crippen molar-refractivity contribution >= 4 is 21.4 Å². The lowest BCUT2D eigenvalue weighted by atomic mass is 9.94. The van der Waals surface area contributed by atoms with E-state index in [0.717, 1.165) is 30.6 Å². The van der Waals surface area contributed by atoms with Gasteiger partial charge >= 0.3 is 0 Å². The lowest BCUT2D eigenvalue weighted by Gasteiger charge is -2.29. The lowest BCUT2D eigenvalue weighted by Crippen LogP contribution is -2.39. The molecule has 1 aliphatic rings. The quantitative estimate of drug-likeness (QED) is 0.824. The number of nitrogens with one attached hydrogen (secondary N) is 1. The first-order valence-electron chi connectivity index (χ1n) is 8.08. The van der Waals surface area contributed by atoms with Gasteiger partial charge in [0.15, 0.2) is 0 Å². The molecule has 0 saturated heterocycles. The van der Waals surface area contributed by atoms with Crippen LogP contribution in [0.2, 0.25) is 0 Å². The van der Waals surface area contributed by atoms with Crippen molar-refractivity contribution in [1.29, 1.82) is 0 Å². The minimum Gasteiger partial charge on any atom is -0.477 e. The number of hydrogen-bond donors (Lipinski definition) is 1. The molecule has 1 fully saturated rings. The average molecular weight is 383 g/mol. The summed E-state index contributed by atoms with van der Waals surface area (Å²) in [6.45, 7) is 1.90. The van der Waals surface area contributed by atoms with Crippen LogP contribution < -0.4 is 14.2 Å². The molecule has 2 aromatic rings. The Morgan fingerprint density at radius 3 is 2.40 bits per heavy atom. The molecule has 0 radical (unpaired) electrons. The topological polar surface area (TPSA) is 90.4 Å². The normalized spacial score (nSPS) is 21.0. The van der Waals surface area contributed by atoms with Gasteiger partial charge < -0.3 is 9.47 Å². The molecular weight excluding hydrogens is 362 g/mol. The van der Waals surface area contributed by atoms with E-state index in [0.29, 0.717) is 16.0 Å². The summed E-state index contributed by atoms with van der Waals surface area (Å²) in [4.78, 5) is 9.19. The third kappa shape index (κ3) is 4.47. The third-order valence-corrected chi connectivity index (χ3v) is 7.09. The van der Waals surface area contributed by atoms with Gasteiger partial charge in [0.1, 0.15) is 10.3 Å². The van der Waals surface area contributed by atoms with Gasteiger partial charge in [0, 0.05) is 23.3 Å². The zero-order chi connectivity index (χ0) is 17.9. The van der Waals surface area contributed by atoms with Gasteiger partial charge in [0.2, 0.25) is 10.0 Å². The van der Waals surface area contributed by atoms with Crippen LogP contribution in [0.3, 0.4) is 0 Å². The Hall–Kier alpha value is -1.71. The second-order valence-corrected chi connectivity index (χ2v) is 9.18. The number of rotatable bonds is 6. The number of ether oxygens (including phenoxy) is 2. The number of thiophene rings is 1. The van der Waals surface area contributed by atoms with Gasteiger partial charge in [-0.15, -0.1) is 11.3 Å². The molecule has 136 valence electrons. The van der Waals surface area contributed by atoms with Crippen LogP contribution >= 0.6 is 11.3 Å². The molecule has 0 aliphatic heterocycles. The van der Waals surface area contributed by atoms with E-state index in [2.05, 4.69) is 14.7 Å². The van der Waals surface area contributed by atoms with Gasteiger partial charge in [-0.25, -0.2) is 23.1 Å². The van der Waals surface area contributed by atoms with Crippen molar-refractivity contribution < 1.29 is 17.9 Å². The van der Waals surface area contributed by atoms with Gasteiger partial charge in [-0.2, -0.15) is 0 Å². The van der Waals surface area contributed by atoms with E-state index in [1.807, 2.05) is 13.0 Å². The van der Waals surface area contributed by atoms with Crippen molar-refractivity contribution in [2.75, 3.05) is 7.11 Å². The molecule has 0 unspecified atom stereocenters. The fourth-order valence-corrected chi connectivity index (χ4v) is 5.43. The smallest absolute Gasteiger partial charge is 0.278 e. The predicted molar refractivity (Wildman–Crippen MR) is 94.6 cm³/mol. The summed E-state index contributed by atoms with van der Waals surface area (Å²) < 4.78 is 39.0. The molecule has 1 saturated carbocycles. The van der Waals surface area contributed by atoms with Crippen molar-refractivity contribution in [3.8, 4) is 11.8 Å². The number of aromatic nitrogens is 2. The number of aryl methyl sites for hydroxylation is 1. The third-order valence-electron chi connectivity index (χ3n) is 4.08. The highest BCUT2D eigenvalue weighted by molar-refractivity contribution is 7.91. The highest BCUT2D eigenvalue weighted by atomic mass is 32.2. The summed E-state index contributed by atoms with van der Waals surface area (Å²) in [7, 11) is -1.92. The van der Waals surface area contributed by atoms with Gasteiger partial charge in [0.25, 0.3) is 11.8 Å². The van der Waals surface area contributed by atoms with Crippen molar-refractivity contribution in [2.24, 2.45) is 0 Å². The second-order valence-electron chi connectivity index (χ2n) is 5.95. The van der Waals surface area contributed by atoms with E-state index in [1.54, 1.807) is 18.5 Å².